The molecule has 1 aliphatic rings. The summed E-state index contributed by atoms with van der Waals surface area (Å²) in [5, 5.41) is 12.0. The molecular weight excluding hydrogens is 200 g/mol. The SMILES string of the molecule is CC.OCCCCCCCN1CCNCC1. The zero-order chi connectivity index (χ0) is 12.1. The van der Waals surface area contributed by atoms with Gasteiger partial charge >= 0.3 is 0 Å². The number of rotatable bonds is 7. The van der Waals surface area contributed by atoms with Crippen LogP contribution in [0.5, 0.6) is 0 Å². The average molecular weight is 230 g/mol. The molecule has 0 radical (unpaired) electrons. The van der Waals surface area contributed by atoms with Crippen LogP contribution in [0.25, 0.3) is 0 Å². The Morgan fingerprint density at radius 1 is 0.938 bits per heavy atom. The maximum atomic E-state index is 8.61. The van der Waals surface area contributed by atoms with E-state index in [2.05, 4.69) is 10.2 Å². The van der Waals surface area contributed by atoms with Crippen LogP contribution in [0, 0.1) is 0 Å². The van der Waals surface area contributed by atoms with Crippen LogP contribution in [-0.4, -0.2) is 49.3 Å². The molecule has 3 nitrogen and oxygen atoms in total. The molecule has 1 saturated heterocycles. The summed E-state index contributed by atoms with van der Waals surface area (Å²) in [5.41, 5.74) is 0. The van der Waals surface area contributed by atoms with Crippen molar-refractivity contribution in [3.05, 3.63) is 0 Å². The number of aliphatic hydroxyl groups excluding tert-OH is 1. The van der Waals surface area contributed by atoms with Gasteiger partial charge in [0.05, 0.1) is 0 Å². The number of unbranched alkanes of at least 4 members (excludes halogenated alkanes) is 4. The van der Waals surface area contributed by atoms with E-state index in [9.17, 15) is 0 Å². The summed E-state index contributed by atoms with van der Waals surface area (Å²) in [6.45, 7) is 10.4. The van der Waals surface area contributed by atoms with Crippen molar-refractivity contribution in [2.24, 2.45) is 0 Å². The van der Waals surface area contributed by atoms with Crippen molar-refractivity contribution in [3.8, 4) is 0 Å². The van der Waals surface area contributed by atoms with E-state index in [1.807, 2.05) is 13.8 Å². The molecule has 3 heteroatoms. The van der Waals surface area contributed by atoms with Crippen molar-refractivity contribution in [2.75, 3.05) is 39.3 Å². The molecule has 0 saturated carbocycles. The van der Waals surface area contributed by atoms with Crippen molar-refractivity contribution in [3.63, 3.8) is 0 Å². The number of hydrogen-bond donors (Lipinski definition) is 2. The quantitative estimate of drug-likeness (QED) is 0.655. The predicted molar refractivity (Wildman–Crippen MR) is 70.8 cm³/mol. The Morgan fingerprint density at radius 3 is 2.12 bits per heavy atom. The molecule has 0 bridgehead atoms. The molecule has 0 spiro atoms. The van der Waals surface area contributed by atoms with E-state index >= 15 is 0 Å². The molecule has 0 aromatic rings. The minimum Gasteiger partial charge on any atom is -0.396 e. The van der Waals surface area contributed by atoms with E-state index in [1.165, 1.54) is 45.3 Å². The molecule has 98 valence electrons. The normalized spacial score (nSPS) is 16.7. The van der Waals surface area contributed by atoms with Gasteiger partial charge in [0.25, 0.3) is 0 Å². The third-order valence-corrected chi connectivity index (χ3v) is 2.84. The van der Waals surface area contributed by atoms with Crippen molar-refractivity contribution in [2.45, 2.75) is 46.0 Å². The lowest BCUT2D eigenvalue weighted by atomic mass is 10.1. The van der Waals surface area contributed by atoms with Crippen LogP contribution < -0.4 is 5.32 Å². The molecular formula is C13H30N2O. The second-order valence-electron chi connectivity index (χ2n) is 4.08. The lowest BCUT2D eigenvalue weighted by Crippen LogP contribution is -2.43. The summed E-state index contributed by atoms with van der Waals surface area (Å²) in [7, 11) is 0. The maximum absolute atomic E-state index is 8.61. The topological polar surface area (TPSA) is 35.5 Å². The molecule has 0 aliphatic carbocycles. The number of nitrogens with one attached hydrogen (secondary N) is 1. The monoisotopic (exact) mass is 230 g/mol. The number of aliphatic hydroxyl groups is 1. The largest absolute Gasteiger partial charge is 0.396 e. The lowest BCUT2D eigenvalue weighted by molar-refractivity contribution is 0.235. The van der Waals surface area contributed by atoms with Gasteiger partial charge in [-0.1, -0.05) is 33.1 Å². The first-order chi connectivity index (χ1) is 7.93. The van der Waals surface area contributed by atoms with Crippen molar-refractivity contribution >= 4 is 0 Å². The second kappa shape index (κ2) is 12.9. The molecule has 0 atom stereocenters. The number of hydrogen-bond acceptors (Lipinski definition) is 3. The summed E-state index contributed by atoms with van der Waals surface area (Å²) in [5.74, 6) is 0. The highest BCUT2D eigenvalue weighted by Gasteiger charge is 2.07. The molecule has 0 aromatic heterocycles. The fraction of sp³-hybridized carbons (Fsp3) is 1.00. The summed E-state index contributed by atoms with van der Waals surface area (Å²) in [6.07, 6.45) is 6.10. The molecule has 1 rings (SSSR count). The number of piperazine rings is 1. The molecule has 0 unspecified atom stereocenters. The maximum Gasteiger partial charge on any atom is 0.0431 e. The molecule has 0 amide bonds. The van der Waals surface area contributed by atoms with Crippen LogP contribution in [0.4, 0.5) is 0 Å². The molecule has 16 heavy (non-hydrogen) atoms. The minimum atomic E-state index is 0.359. The number of nitrogens with zero attached hydrogens (tertiary/aromatic N) is 1. The summed E-state index contributed by atoms with van der Waals surface area (Å²) in [6, 6.07) is 0. The van der Waals surface area contributed by atoms with E-state index in [1.54, 1.807) is 0 Å². The van der Waals surface area contributed by atoms with Gasteiger partial charge in [-0.3, -0.25) is 0 Å². The van der Waals surface area contributed by atoms with Gasteiger partial charge in [-0.2, -0.15) is 0 Å². The van der Waals surface area contributed by atoms with Crippen molar-refractivity contribution < 1.29 is 5.11 Å². The van der Waals surface area contributed by atoms with Gasteiger partial charge in [0.15, 0.2) is 0 Å². The Morgan fingerprint density at radius 2 is 1.50 bits per heavy atom. The standard InChI is InChI=1S/C11H24N2O.C2H6/c14-11-5-3-1-2-4-8-13-9-6-12-7-10-13;1-2/h12,14H,1-11H2;1-2H3. The Labute approximate surface area is 101 Å². The third kappa shape index (κ3) is 9.13. The Bertz CT molecular complexity index is 125. The molecule has 2 N–H and O–H groups in total. The van der Waals surface area contributed by atoms with Gasteiger partial charge in [0.1, 0.15) is 0 Å². The Kier molecular flexibility index (Phi) is 12.9. The van der Waals surface area contributed by atoms with Crippen LogP contribution in [-0.2, 0) is 0 Å². The van der Waals surface area contributed by atoms with E-state index in [0.717, 1.165) is 19.5 Å². The van der Waals surface area contributed by atoms with Gasteiger partial charge in [0, 0.05) is 32.8 Å². The van der Waals surface area contributed by atoms with Gasteiger partial charge in [0.2, 0.25) is 0 Å². The second-order valence-corrected chi connectivity index (χ2v) is 4.08. The van der Waals surface area contributed by atoms with E-state index in [4.69, 9.17) is 5.11 Å². The van der Waals surface area contributed by atoms with Crippen molar-refractivity contribution in [1.29, 1.82) is 0 Å². The first-order valence-electron chi connectivity index (χ1n) is 6.97. The van der Waals surface area contributed by atoms with Gasteiger partial charge in [-0.05, 0) is 19.4 Å². The van der Waals surface area contributed by atoms with Gasteiger partial charge in [-0.15, -0.1) is 0 Å². The first-order valence-corrected chi connectivity index (χ1v) is 6.97. The van der Waals surface area contributed by atoms with E-state index < -0.39 is 0 Å². The van der Waals surface area contributed by atoms with Crippen molar-refractivity contribution in [1.82, 2.24) is 10.2 Å². The Hall–Kier alpha value is -0.120. The zero-order valence-corrected chi connectivity index (χ0v) is 11.2. The van der Waals surface area contributed by atoms with Crippen LogP contribution in [0.15, 0.2) is 0 Å². The highest BCUT2D eigenvalue weighted by molar-refractivity contribution is 4.67. The van der Waals surface area contributed by atoms with Crippen LogP contribution in [0.2, 0.25) is 0 Å². The summed E-state index contributed by atoms with van der Waals surface area (Å²) in [4.78, 5) is 2.54. The van der Waals surface area contributed by atoms with Crippen LogP contribution >= 0.6 is 0 Å². The first kappa shape index (κ1) is 15.9. The Balaban J connectivity index is 0.00000106. The third-order valence-electron chi connectivity index (χ3n) is 2.84. The average Bonchev–Trinajstić information content (AvgIpc) is 2.37. The molecule has 1 heterocycles. The zero-order valence-electron chi connectivity index (χ0n) is 11.2. The predicted octanol–water partition coefficient (Wildman–Crippen LogP) is 1.86. The fourth-order valence-corrected chi connectivity index (χ4v) is 1.91. The summed E-state index contributed by atoms with van der Waals surface area (Å²) >= 11 is 0. The molecule has 0 aromatic carbocycles. The minimum absolute atomic E-state index is 0.359. The summed E-state index contributed by atoms with van der Waals surface area (Å²) < 4.78 is 0. The van der Waals surface area contributed by atoms with E-state index in [0.29, 0.717) is 6.61 Å². The van der Waals surface area contributed by atoms with E-state index in [-0.39, 0.29) is 0 Å². The van der Waals surface area contributed by atoms with Gasteiger partial charge < -0.3 is 15.3 Å². The smallest absolute Gasteiger partial charge is 0.0431 e. The highest BCUT2D eigenvalue weighted by Crippen LogP contribution is 2.04. The fourth-order valence-electron chi connectivity index (χ4n) is 1.91. The van der Waals surface area contributed by atoms with Crippen LogP contribution in [0.3, 0.4) is 0 Å². The highest BCUT2D eigenvalue weighted by atomic mass is 16.2. The van der Waals surface area contributed by atoms with Crippen LogP contribution in [0.1, 0.15) is 46.0 Å². The van der Waals surface area contributed by atoms with Gasteiger partial charge in [-0.25, -0.2) is 0 Å². The molecule has 1 fully saturated rings. The molecule has 1 aliphatic heterocycles. The lowest BCUT2D eigenvalue weighted by Gasteiger charge is -2.26.